The van der Waals surface area contributed by atoms with E-state index in [1.807, 2.05) is 4.90 Å². The van der Waals surface area contributed by atoms with E-state index < -0.39 is 0 Å². The Morgan fingerprint density at radius 3 is 2.95 bits per heavy atom. The third-order valence-electron chi connectivity index (χ3n) is 3.77. The first-order valence-electron chi connectivity index (χ1n) is 7.39. The maximum Gasteiger partial charge on any atom is 0.260 e. The van der Waals surface area contributed by atoms with E-state index in [9.17, 15) is 4.79 Å². The largest absolute Gasteiger partial charge is 0.482 e. The fourth-order valence-electron chi connectivity index (χ4n) is 2.64. The van der Waals surface area contributed by atoms with E-state index >= 15 is 0 Å². The van der Waals surface area contributed by atoms with Gasteiger partial charge in [0.05, 0.1) is 11.9 Å². The summed E-state index contributed by atoms with van der Waals surface area (Å²) in [6.45, 7) is 1.48. The van der Waals surface area contributed by atoms with Crippen LogP contribution in [0.3, 0.4) is 0 Å². The molecule has 3 rings (SSSR count). The Hall–Kier alpha value is -2.50. The van der Waals surface area contributed by atoms with Gasteiger partial charge >= 0.3 is 0 Å². The van der Waals surface area contributed by atoms with E-state index in [1.165, 1.54) is 0 Å². The van der Waals surface area contributed by atoms with Gasteiger partial charge in [-0.25, -0.2) is 0 Å². The molecule has 1 saturated heterocycles. The van der Waals surface area contributed by atoms with Crippen molar-refractivity contribution in [3.8, 4) is 5.75 Å². The number of piperidine rings is 1. The lowest BCUT2D eigenvalue weighted by Gasteiger charge is -2.32. The number of carbonyl (C=O) groups excluding carboxylic acids is 1. The Kier molecular flexibility index (Phi) is 4.58. The smallest absolute Gasteiger partial charge is 0.260 e. The first-order valence-corrected chi connectivity index (χ1v) is 7.39. The summed E-state index contributed by atoms with van der Waals surface area (Å²) < 4.78 is 5.48. The monoisotopic (exact) mass is 298 g/mol. The standard InChI is InChI=1S/C16H18N4O2/c21-16(12-22-14-4-1-5-17-9-14)20-8-2-3-13(11-20)15-10-18-6-7-19-15/h1,4-7,9-10,13H,2-3,8,11-12H2/t13-/m1/s1. The van der Waals surface area contributed by atoms with E-state index in [4.69, 9.17) is 4.74 Å². The van der Waals surface area contributed by atoms with Crippen LogP contribution >= 0.6 is 0 Å². The summed E-state index contributed by atoms with van der Waals surface area (Å²) in [7, 11) is 0. The molecule has 114 valence electrons. The number of likely N-dealkylation sites (tertiary alicyclic amines) is 1. The van der Waals surface area contributed by atoms with Gasteiger partial charge in [-0.2, -0.15) is 0 Å². The molecule has 0 N–H and O–H groups in total. The Bertz CT molecular complexity index is 606. The van der Waals surface area contributed by atoms with Crippen LogP contribution in [0.2, 0.25) is 0 Å². The van der Waals surface area contributed by atoms with Crippen molar-refractivity contribution in [2.24, 2.45) is 0 Å². The van der Waals surface area contributed by atoms with Crippen molar-refractivity contribution < 1.29 is 9.53 Å². The molecule has 3 heterocycles. The summed E-state index contributed by atoms with van der Waals surface area (Å²) in [6.07, 6.45) is 10.4. The second-order valence-electron chi connectivity index (χ2n) is 5.29. The highest BCUT2D eigenvalue weighted by atomic mass is 16.5. The Morgan fingerprint density at radius 2 is 2.18 bits per heavy atom. The number of pyridine rings is 1. The van der Waals surface area contributed by atoms with Gasteiger partial charge in [-0.05, 0) is 25.0 Å². The van der Waals surface area contributed by atoms with E-state index in [0.29, 0.717) is 12.3 Å². The Balaban J connectivity index is 1.56. The summed E-state index contributed by atoms with van der Waals surface area (Å²) in [4.78, 5) is 26.6. The molecule has 2 aromatic rings. The lowest BCUT2D eigenvalue weighted by Crippen LogP contribution is -2.41. The molecule has 0 aromatic carbocycles. The second-order valence-corrected chi connectivity index (χ2v) is 5.29. The topological polar surface area (TPSA) is 68.2 Å². The van der Waals surface area contributed by atoms with Crippen LogP contribution in [0.5, 0.6) is 5.75 Å². The number of amides is 1. The average molecular weight is 298 g/mol. The van der Waals surface area contributed by atoms with Crippen molar-refractivity contribution in [1.82, 2.24) is 19.9 Å². The minimum Gasteiger partial charge on any atom is -0.482 e. The van der Waals surface area contributed by atoms with Crippen LogP contribution in [0.1, 0.15) is 24.5 Å². The van der Waals surface area contributed by atoms with Gasteiger partial charge in [-0.15, -0.1) is 0 Å². The SMILES string of the molecule is O=C(COc1cccnc1)N1CCC[C@@H](c2cnccn2)C1. The van der Waals surface area contributed by atoms with Crippen LogP contribution in [0.15, 0.2) is 43.1 Å². The predicted octanol–water partition coefficient (Wildman–Crippen LogP) is 1.66. The van der Waals surface area contributed by atoms with E-state index in [0.717, 1.165) is 25.1 Å². The van der Waals surface area contributed by atoms with Crippen molar-refractivity contribution in [3.05, 3.63) is 48.8 Å². The highest BCUT2D eigenvalue weighted by Gasteiger charge is 2.25. The minimum atomic E-state index is -0.00237. The van der Waals surface area contributed by atoms with Gasteiger partial charge in [0, 0.05) is 43.8 Å². The summed E-state index contributed by atoms with van der Waals surface area (Å²) >= 11 is 0. The summed E-state index contributed by atoms with van der Waals surface area (Å²) in [5.41, 5.74) is 0.952. The van der Waals surface area contributed by atoms with Gasteiger partial charge in [-0.1, -0.05) is 0 Å². The van der Waals surface area contributed by atoms with Crippen LogP contribution in [-0.4, -0.2) is 45.5 Å². The lowest BCUT2D eigenvalue weighted by atomic mass is 9.95. The molecule has 1 aliphatic heterocycles. The van der Waals surface area contributed by atoms with E-state index in [2.05, 4.69) is 15.0 Å². The summed E-state index contributed by atoms with van der Waals surface area (Å²) in [6, 6.07) is 3.57. The van der Waals surface area contributed by atoms with Crippen molar-refractivity contribution >= 4 is 5.91 Å². The molecule has 1 amide bonds. The van der Waals surface area contributed by atoms with Crippen LogP contribution in [0.4, 0.5) is 0 Å². The number of aromatic nitrogens is 3. The molecule has 1 atom stereocenters. The van der Waals surface area contributed by atoms with Crippen LogP contribution in [0, 0.1) is 0 Å². The number of hydrogen-bond donors (Lipinski definition) is 0. The number of carbonyl (C=O) groups is 1. The zero-order valence-corrected chi connectivity index (χ0v) is 12.3. The lowest BCUT2D eigenvalue weighted by molar-refractivity contribution is -0.134. The van der Waals surface area contributed by atoms with Gasteiger partial charge in [0.1, 0.15) is 5.75 Å². The highest BCUT2D eigenvalue weighted by Crippen LogP contribution is 2.24. The van der Waals surface area contributed by atoms with Crippen LogP contribution in [0.25, 0.3) is 0 Å². The van der Waals surface area contributed by atoms with Gasteiger partial charge in [-0.3, -0.25) is 19.7 Å². The molecule has 22 heavy (non-hydrogen) atoms. The zero-order valence-electron chi connectivity index (χ0n) is 12.3. The number of rotatable bonds is 4. The molecular weight excluding hydrogens is 280 g/mol. The second kappa shape index (κ2) is 6.98. The number of hydrogen-bond acceptors (Lipinski definition) is 5. The molecule has 1 fully saturated rings. The van der Waals surface area contributed by atoms with E-state index in [-0.39, 0.29) is 18.4 Å². The van der Waals surface area contributed by atoms with Gasteiger partial charge < -0.3 is 9.64 Å². The third kappa shape index (κ3) is 3.58. The number of nitrogens with zero attached hydrogens (tertiary/aromatic N) is 4. The van der Waals surface area contributed by atoms with E-state index in [1.54, 1.807) is 43.1 Å². The van der Waals surface area contributed by atoms with Crippen LogP contribution < -0.4 is 4.74 Å². The molecule has 6 nitrogen and oxygen atoms in total. The Morgan fingerprint density at radius 1 is 1.27 bits per heavy atom. The average Bonchev–Trinajstić information content (AvgIpc) is 2.61. The van der Waals surface area contributed by atoms with Crippen LogP contribution in [-0.2, 0) is 4.79 Å². The molecule has 0 spiro atoms. The van der Waals surface area contributed by atoms with Gasteiger partial charge in [0.15, 0.2) is 6.61 Å². The predicted molar refractivity (Wildman–Crippen MR) is 80.3 cm³/mol. The maximum absolute atomic E-state index is 12.3. The first kappa shape index (κ1) is 14.4. The van der Waals surface area contributed by atoms with Crippen molar-refractivity contribution in [2.45, 2.75) is 18.8 Å². The zero-order chi connectivity index (χ0) is 15.2. The fourth-order valence-corrected chi connectivity index (χ4v) is 2.64. The fraction of sp³-hybridized carbons (Fsp3) is 0.375. The number of ether oxygens (including phenoxy) is 1. The molecular formula is C16H18N4O2. The molecule has 0 saturated carbocycles. The quantitative estimate of drug-likeness (QED) is 0.858. The van der Waals surface area contributed by atoms with Gasteiger partial charge in [0.2, 0.25) is 0 Å². The molecule has 6 heteroatoms. The molecule has 0 bridgehead atoms. The minimum absolute atomic E-state index is 0.00237. The normalized spacial score (nSPS) is 18.0. The van der Waals surface area contributed by atoms with Crippen molar-refractivity contribution in [1.29, 1.82) is 0 Å². The molecule has 1 aliphatic rings. The summed E-state index contributed by atoms with van der Waals surface area (Å²) in [5.74, 6) is 0.862. The third-order valence-corrected chi connectivity index (χ3v) is 3.77. The Labute approximate surface area is 129 Å². The molecule has 2 aromatic heterocycles. The van der Waals surface area contributed by atoms with Crippen molar-refractivity contribution in [2.75, 3.05) is 19.7 Å². The molecule has 0 aliphatic carbocycles. The first-order chi connectivity index (χ1) is 10.8. The van der Waals surface area contributed by atoms with Gasteiger partial charge in [0.25, 0.3) is 5.91 Å². The highest BCUT2D eigenvalue weighted by molar-refractivity contribution is 5.78. The molecule has 0 unspecified atom stereocenters. The van der Waals surface area contributed by atoms with Crippen molar-refractivity contribution in [3.63, 3.8) is 0 Å². The molecule has 0 radical (unpaired) electrons. The summed E-state index contributed by atoms with van der Waals surface area (Å²) in [5, 5.41) is 0. The maximum atomic E-state index is 12.3.